The summed E-state index contributed by atoms with van der Waals surface area (Å²) < 4.78 is 0. The molecule has 0 bridgehead atoms. The maximum atomic E-state index is 12.5. The minimum absolute atomic E-state index is 0.0389. The molecule has 1 fully saturated rings. The van der Waals surface area contributed by atoms with Crippen LogP contribution in [0.1, 0.15) is 35.7 Å². The van der Waals surface area contributed by atoms with E-state index in [1.54, 1.807) is 32.0 Å². The SMILES string of the molecule is Cc1c(Cl)cccc1C(=O)N(C1CC1)C(C)C(=O)O. The Morgan fingerprint density at radius 3 is 2.58 bits per heavy atom. The molecule has 0 aliphatic heterocycles. The number of benzene rings is 1. The third kappa shape index (κ3) is 2.73. The Bertz CT molecular complexity index is 525. The van der Waals surface area contributed by atoms with E-state index in [0.717, 1.165) is 12.8 Å². The molecule has 0 aromatic heterocycles. The van der Waals surface area contributed by atoms with Gasteiger partial charge in [0, 0.05) is 16.6 Å². The normalized spacial score (nSPS) is 15.9. The van der Waals surface area contributed by atoms with Crippen molar-refractivity contribution in [3.8, 4) is 0 Å². The maximum absolute atomic E-state index is 12.5. The fourth-order valence-electron chi connectivity index (χ4n) is 2.11. The van der Waals surface area contributed by atoms with Crippen molar-refractivity contribution in [3.63, 3.8) is 0 Å². The monoisotopic (exact) mass is 281 g/mol. The molecule has 1 atom stereocenters. The second-order valence-electron chi connectivity index (χ2n) is 4.87. The second kappa shape index (κ2) is 5.21. The van der Waals surface area contributed by atoms with Gasteiger partial charge in [0.2, 0.25) is 0 Å². The van der Waals surface area contributed by atoms with Crippen molar-refractivity contribution >= 4 is 23.5 Å². The Labute approximate surface area is 117 Å². The Kier molecular flexibility index (Phi) is 3.80. The van der Waals surface area contributed by atoms with Gasteiger partial charge in [0.25, 0.3) is 5.91 Å². The predicted octanol–water partition coefficient (Wildman–Crippen LogP) is 2.73. The van der Waals surface area contributed by atoms with Crippen molar-refractivity contribution in [2.45, 2.75) is 38.8 Å². The molecule has 1 aromatic carbocycles. The largest absolute Gasteiger partial charge is 0.480 e. The van der Waals surface area contributed by atoms with Gasteiger partial charge < -0.3 is 10.0 Å². The number of carbonyl (C=O) groups is 2. The van der Waals surface area contributed by atoms with E-state index in [9.17, 15) is 9.59 Å². The molecule has 1 saturated carbocycles. The standard InChI is InChI=1S/C14H16ClNO3/c1-8-11(4-3-5-12(8)15)13(17)16(10-6-7-10)9(2)14(18)19/h3-5,9-10H,6-7H2,1-2H3,(H,18,19). The van der Waals surface area contributed by atoms with Gasteiger partial charge in [-0.05, 0) is 44.4 Å². The molecule has 1 aliphatic carbocycles. The Morgan fingerprint density at radius 1 is 1.42 bits per heavy atom. The van der Waals surface area contributed by atoms with Crippen LogP contribution in [0.3, 0.4) is 0 Å². The van der Waals surface area contributed by atoms with Crippen molar-refractivity contribution in [2.75, 3.05) is 0 Å². The van der Waals surface area contributed by atoms with E-state index in [2.05, 4.69) is 0 Å². The van der Waals surface area contributed by atoms with Crippen LogP contribution in [-0.2, 0) is 4.79 Å². The summed E-state index contributed by atoms with van der Waals surface area (Å²) in [6.45, 7) is 3.31. The molecule has 1 unspecified atom stereocenters. The van der Waals surface area contributed by atoms with E-state index in [-0.39, 0.29) is 11.9 Å². The van der Waals surface area contributed by atoms with Crippen molar-refractivity contribution in [3.05, 3.63) is 34.3 Å². The van der Waals surface area contributed by atoms with E-state index >= 15 is 0 Å². The number of rotatable bonds is 4. The highest BCUT2D eigenvalue weighted by Crippen LogP contribution is 2.31. The second-order valence-corrected chi connectivity index (χ2v) is 5.28. The number of carbonyl (C=O) groups excluding carboxylic acids is 1. The first-order chi connectivity index (χ1) is 8.93. The lowest BCUT2D eigenvalue weighted by molar-refractivity contribution is -0.141. The molecular formula is C14H16ClNO3. The summed E-state index contributed by atoms with van der Waals surface area (Å²) in [4.78, 5) is 25.1. The topological polar surface area (TPSA) is 57.6 Å². The smallest absolute Gasteiger partial charge is 0.326 e. The molecule has 0 heterocycles. The van der Waals surface area contributed by atoms with Gasteiger partial charge in [-0.3, -0.25) is 4.79 Å². The highest BCUT2D eigenvalue weighted by Gasteiger charge is 2.39. The minimum Gasteiger partial charge on any atom is -0.480 e. The zero-order chi connectivity index (χ0) is 14.2. The van der Waals surface area contributed by atoms with E-state index in [4.69, 9.17) is 16.7 Å². The molecule has 2 rings (SSSR count). The van der Waals surface area contributed by atoms with Crippen LogP contribution in [0.5, 0.6) is 0 Å². The number of amides is 1. The molecule has 0 saturated heterocycles. The lowest BCUT2D eigenvalue weighted by Crippen LogP contribution is -2.44. The molecule has 0 spiro atoms. The van der Waals surface area contributed by atoms with Crippen molar-refractivity contribution in [2.24, 2.45) is 0 Å². The molecule has 19 heavy (non-hydrogen) atoms. The summed E-state index contributed by atoms with van der Waals surface area (Å²) in [5.74, 6) is -1.24. The number of carboxylic acids is 1. The lowest BCUT2D eigenvalue weighted by Gasteiger charge is -2.27. The first kappa shape index (κ1) is 13.9. The zero-order valence-corrected chi connectivity index (χ0v) is 11.6. The van der Waals surface area contributed by atoms with E-state index in [1.165, 1.54) is 4.90 Å². The van der Waals surface area contributed by atoms with E-state index < -0.39 is 12.0 Å². The summed E-state index contributed by atoms with van der Waals surface area (Å²) in [7, 11) is 0. The van der Waals surface area contributed by atoms with Crippen LogP contribution in [0.15, 0.2) is 18.2 Å². The Balaban J connectivity index is 2.34. The number of hydrogen-bond acceptors (Lipinski definition) is 2. The average molecular weight is 282 g/mol. The molecule has 4 nitrogen and oxygen atoms in total. The molecule has 5 heteroatoms. The van der Waals surface area contributed by atoms with Crippen LogP contribution < -0.4 is 0 Å². The van der Waals surface area contributed by atoms with Gasteiger partial charge in [-0.2, -0.15) is 0 Å². The van der Waals surface area contributed by atoms with Crippen LogP contribution in [0.2, 0.25) is 5.02 Å². The average Bonchev–Trinajstić information content (AvgIpc) is 3.17. The van der Waals surface area contributed by atoms with Gasteiger partial charge in [0.1, 0.15) is 6.04 Å². The van der Waals surface area contributed by atoms with E-state index in [0.29, 0.717) is 16.1 Å². The van der Waals surface area contributed by atoms with Gasteiger partial charge >= 0.3 is 5.97 Å². The van der Waals surface area contributed by atoms with Crippen LogP contribution in [0.4, 0.5) is 0 Å². The number of carboxylic acid groups (broad SMARTS) is 1. The number of hydrogen-bond donors (Lipinski definition) is 1. The van der Waals surface area contributed by atoms with Crippen molar-refractivity contribution in [1.29, 1.82) is 0 Å². The summed E-state index contributed by atoms with van der Waals surface area (Å²) in [5, 5.41) is 9.65. The van der Waals surface area contributed by atoms with Gasteiger partial charge in [-0.15, -0.1) is 0 Å². The quantitative estimate of drug-likeness (QED) is 0.923. The van der Waals surface area contributed by atoms with Gasteiger partial charge in [0.05, 0.1) is 0 Å². The number of nitrogens with zero attached hydrogens (tertiary/aromatic N) is 1. The van der Waals surface area contributed by atoms with Crippen molar-refractivity contribution < 1.29 is 14.7 Å². The number of aliphatic carboxylic acids is 1. The highest BCUT2D eigenvalue weighted by atomic mass is 35.5. The summed E-state index contributed by atoms with van der Waals surface area (Å²) in [6, 6.07) is 4.33. The molecule has 0 radical (unpaired) electrons. The fourth-order valence-corrected chi connectivity index (χ4v) is 2.28. The van der Waals surface area contributed by atoms with Crippen LogP contribution in [0, 0.1) is 6.92 Å². The van der Waals surface area contributed by atoms with Crippen LogP contribution >= 0.6 is 11.6 Å². The lowest BCUT2D eigenvalue weighted by atomic mass is 10.1. The highest BCUT2D eigenvalue weighted by molar-refractivity contribution is 6.31. The van der Waals surface area contributed by atoms with E-state index in [1.807, 2.05) is 0 Å². The molecule has 1 N–H and O–H groups in total. The summed E-state index contributed by atoms with van der Waals surface area (Å²) in [6.07, 6.45) is 1.73. The maximum Gasteiger partial charge on any atom is 0.326 e. The van der Waals surface area contributed by atoms with Gasteiger partial charge in [-0.1, -0.05) is 17.7 Å². The first-order valence-corrected chi connectivity index (χ1v) is 6.62. The fraction of sp³-hybridized carbons (Fsp3) is 0.429. The molecular weight excluding hydrogens is 266 g/mol. The summed E-state index contributed by atoms with van der Waals surface area (Å²) in [5.41, 5.74) is 1.17. The van der Waals surface area contributed by atoms with Crippen LogP contribution in [-0.4, -0.2) is 34.0 Å². The van der Waals surface area contributed by atoms with Gasteiger partial charge in [0.15, 0.2) is 0 Å². The Hall–Kier alpha value is -1.55. The van der Waals surface area contributed by atoms with Crippen molar-refractivity contribution in [1.82, 2.24) is 4.90 Å². The molecule has 1 aliphatic rings. The van der Waals surface area contributed by atoms with Crippen LogP contribution in [0.25, 0.3) is 0 Å². The first-order valence-electron chi connectivity index (χ1n) is 6.24. The Morgan fingerprint density at radius 2 is 2.05 bits per heavy atom. The zero-order valence-electron chi connectivity index (χ0n) is 10.9. The third-order valence-electron chi connectivity index (χ3n) is 3.45. The molecule has 1 amide bonds. The predicted molar refractivity (Wildman–Crippen MR) is 72.5 cm³/mol. The third-order valence-corrected chi connectivity index (χ3v) is 3.86. The molecule has 102 valence electrons. The minimum atomic E-state index is -0.986. The summed E-state index contributed by atoms with van der Waals surface area (Å²) >= 11 is 6.01. The van der Waals surface area contributed by atoms with Gasteiger partial charge in [-0.25, -0.2) is 4.79 Å². The molecule has 1 aromatic rings. The number of halogens is 1.